The van der Waals surface area contributed by atoms with Gasteiger partial charge < -0.3 is 14.4 Å². The molecule has 0 N–H and O–H groups in total. The lowest BCUT2D eigenvalue weighted by atomic mass is 9.84. The van der Waals surface area contributed by atoms with Crippen LogP contribution in [0.25, 0.3) is 0 Å². The first kappa shape index (κ1) is 24.1. The molecule has 0 fully saturated rings. The topological polar surface area (TPSA) is 34.6 Å². The van der Waals surface area contributed by atoms with Crippen molar-refractivity contribution in [2.75, 3.05) is 33.2 Å². The lowest BCUT2D eigenvalue weighted by Gasteiger charge is -2.29. The van der Waals surface area contributed by atoms with Gasteiger partial charge in [-0.25, -0.2) is 0 Å². The normalized spacial score (nSPS) is 10.6. The zero-order chi connectivity index (χ0) is 23.7. The highest BCUT2D eigenvalue weighted by Gasteiger charge is 2.34. The molecule has 1 heterocycles. The van der Waals surface area contributed by atoms with Gasteiger partial charge in [-0.3, -0.25) is 4.98 Å². The molecule has 4 rings (SSSR count). The number of rotatable bonds is 6. The Morgan fingerprint density at radius 1 is 0.636 bits per heavy atom. The Labute approximate surface area is 201 Å². The number of pyridine rings is 1. The third-order valence-electron chi connectivity index (χ3n) is 5.33. The third kappa shape index (κ3) is 5.85. The van der Waals surface area contributed by atoms with Crippen LogP contribution in [-0.2, 0) is 4.87 Å². The highest BCUT2D eigenvalue weighted by molar-refractivity contribution is 6.28. The molecule has 0 atom stereocenters. The number of hydrogen-bond acceptors (Lipinski definition) is 4. The van der Waals surface area contributed by atoms with Crippen molar-refractivity contribution in [1.29, 1.82) is 0 Å². The van der Waals surface area contributed by atoms with Gasteiger partial charge in [0.1, 0.15) is 16.4 Å². The van der Waals surface area contributed by atoms with E-state index in [1.807, 2.05) is 110 Å². The van der Waals surface area contributed by atoms with E-state index in [2.05, 4.69) is 4.98 Å². The van der Waals surface area contributed by atoms with Gasteiger partial charge in [0.25, 0.3) is 0 Å². The number of ether oxygens (including phenoxy) is 2. The number of nitrogens with zero attached hydrogens (tertiary/aromatic N) is 2. The molecule has 4 nitrogen and oxygen atoms in total. The number of halogens is 1. The summed E-state index contributed by atoms with van der Waals surface area (Å²) in [5.74, 6) is 1.61. The fourth-order valence-electron chi connectivity index (χ4n) is 3.45. The minimum absolute atomic E-state index is 0.778. The highest BCUT2D eigenvalue weighted by atomic mass is 35.5. The Kier molecular flexibility index (Phi) is 8.34. The van der Waals surface area contributed by atoms with Crippen molar-refractivity contribution >= 4 is 17.3 Å². The van der Waals surface area contributed by atoms with Crippen LogP contribution >= 0.6 is 11.6 Å². The summed E-state index contributed by atoms with van der Waals surface area (Å²) in [6, 6.07) is 29.7. The zero-order valence-corrected chi connectivity index (χ0v) is 20.2. The standard InChI is InChI=1S/C21H19ClO2.C7H10N2/c1-23-19-12-8-17(9-13-19)21(22,16-6-4-3-5-7-16)18-10-14-20(24-2)15-11-18;1-9(2)7-3-5-8-6-4-7/h3-15H,1-2H3;3-6H,1-2H3. The van der Waals surface area contributed by atoms with Gasteiger partial charge in [0.05, 0.1) is 14.2 Å². The first-order valence-corrected chi connectivity index (χ1v) is 11.0. The van der Waals surface area contributed by atoms with Gasteiger partial charge in [-0.1, -0.05) is 54.6 Å². The Morgan fingerprint density at radius 3 is 1.42 bits per heavy atom. The number of aromatic nitrogens is 1. The minimum Gasteiger partial charge on any atom is -0.497 e. The molecule has 0 bridgehead atoms. The quantitative estimate of drug-likeness (QED) is 0.247. The first-order chi connectivity index (χ1) is 16.0. The van der Waals surface area contributed by atoms with Gasteiger partial charge >= 0.3 is 0 Å². The molecule has 1 aromatic heterocycles. The maximum Gasteiger partial charge on any atom is 0.119 e. The third-order valence-corrected chi connectivity index (χ3v) is 5.98. The van der Waals surface area contributed by atoms with E-state index in [0.717, 1.165) is 28.2 Å². The molecule has 0 saturated carbocycles. The van der Waals surface area contributed by atoms with Gasteiger partial charge in [-0.15, -0.1) is 11.6 Å². The van der Waals surface area contributed by atoms with Crippen LogP contribution in [0.5, 0.6) is 11.5 Å². The average molecular weight is 461 g/mol. The molecular weight excluding hydrogens is 432 g/mol. The van der Waals surface area contributed by atoms with E-state index in [4.69, 9.17) is 21.1 Å². The Morgan fingerprint density at radius 2 is 1.06 bits per heavy atom. The Bertz CT molecular complexity index is 1050. The average Bonchev–Trinajstić information content (AvgIpc) is 2.89. The van der Waals surface area contributed by atoms with Crippen molar-refractivity contribution in [2.24, 2.45) is 0 Å². The number of methoxy groups -OCH3 is 2. The number of alkyl halides is 1. The van der Waals surface area contributed by atoms with Crippen LogP contribution in [0.3, 0.4) is 0 Å². The SMILES string of the molecule is CN(C)c1ccncc1.COc1ccc(C(Cl)(c2ccccc2)c2ccc(OC)cc2)cc1. The van der Waals surface area contributed by atoms with Crippen LogP contribution in [0, 0.1) is 0 Å². The van der Waals surface area contributed by atoms with Crippen molar-refractivity contribution in [2.45, 2.75) is 4.87 Å². The minimum atomic E-state index is -0.778. The van der Waals surface area contributed by atoms with Crippen LogP contribution in [0.4, 0.5) is 5.69 Å². The van der Waals surface area contributed by atoms with Crippen LogP contribution in [0.2, 0.25) is 0 Å². The molecule has 33 heavy (non-hydrogen) atoms. The maximum atomic E-state index is 7.22. The van der Waals surface area contributed by atoms with E-state index in [1.165, 1.54) is 5.69 Å². The second-order valence-corrected chi connectivity index (χ2v) is 8.15. The van der Waals surface area contributed by atoms with Crippen molar-refractivity contribution in [3.05, 3.63) is 120 Å². The van der Waals surface area contributed by atoms with E-state index in [1.54, 1.807) is 26.6 Å². The highest BCUT2D eigenvalue weighted by Crippen LogP contribution is 2.43. The molecule has 0 amide bonds. The molecule has 0 spiro atoms. The molecule has 0 saturated heterocycles. The predicted octanol–water partition coefficient (Wildman–Crippen LogP) is 6.38. The van der Waals surface area contributed by atoms with Gasteiger partial charge in [0.15, 0.2) is 0 Å². The summed E-state index contributed by atoms with van der Waals surface area (Å²) in [7, 11) is 7.33. The van der Waals surface area contributed by atoms with E-state index >= 15 is 0 Å². The maximum absolute atomic E-state index is 7.22. The lowest BCUT2D eigenvalue weighted by Crippen LogP contribution is -2.22. The van der Waals surface area contributed by atoms with Crippen LogP contribution in [-0.4, -0.2) is 33.3 Å². The summed E-state index contributed by atoms with van der Waals surface area (Å²) in [4.78, 5) is 5.17. The van der Waals surface area contributed by atoms with Crippen LogP contribution in [0.1, 0.15) is 16.7 Å². The van der Waals surface area contributed by atoms with E-state index in [9.17, 15) is 0 Å². The van der Waals surface area contributed by atoms with Crippen molar-refractivity contribution < 1.29 is 9.47 Å². The van der Waals surface area contributed by atoms with Gasteiger partial charge in [-0.2, -0.15) is 0 Å². The fraction of sp³-hybridized carbons (Fsp3) is 0.179. The Hall–Kier alpha value is -3.50. The molecule has 4 aromatic rings. The van der Waals surface area contributed by atoms with E-state index < -0.39 is 4.87 Å². The van der Waals surface area contributed by atoms with Crippen LogP contribution in [0.15, 0.2) is 103 Å². The Balaban J connectivity index is 0.000000286. The fourth-order valence-corrected chi connectivity index (χ4v) is 3.83. The van der Waals surface area contributed by atoms with Crippen molar-refractivity contribution in [3.8, 4) is 11.5 Å². The molecule has 0 radical (unpaired) electrons. The van der Waals surface area contributed by atoms with Gasteiger partial charge in [0, 0.05) is 32.2 Å². The van der Waals surface area contributed by atoms with Crippen molar-refractivity contribution in [1.82, 2.24) is 4.98 Å². The summed E-state index contributed by atoms with van der Waals surface area (Å²) in [6.07, 6.45) is 3.57. The second kappa shape index (κ2) is 11.4. The largest absolute Gasteiger partial charge is 0.497 e. The van der Waals surface area contributed by atoms with Crippen molar-refractivity contribution in [3.63, 3.8) is 0 Å². The molecule has 0 unspecified atom stereocenters. The molecule has 3 aromatic carbocycles. The first-order valence-electron chi connectivity index (χ1n) is 10.6. The molecule has 170 valence electrons. The van der Waals surface area contributed by atoms with Gasteiger partial charge in [0.2, 0.25) is 0 Å². The van der Waals surface area contributed by atoms with Crippen LogP contribution < -0.4 is 14.4 Å². The molecule has 0 aliphatic carbocycles. The summed E-state index contributed by atoms with van der Waals surface area (Å²) in [5.41, 5.74) is 4.18. The predicted molar refractivity (Wildman–Crippen MR) is 137 cm³/mol. The summed E-state index contributed by atoms with van der Waals surface area (Å²) in [5, 5.41) is 0. The molecule has 0 aliphatic heterocycles. The summed E-state index contributed by atoms with van der Waals surface area (Å²) in [6.45, 7) is 0. The van der Waals surface area contributed by atoms with Gasteiger partial charge in [-0.05, 0) is 53.1 Å². The smallest absolute Gasteiger partial charge is 0.119 e. The number of benzene rings is 3. The molecule has 5 heteroatoms. The number of anilines is 1. The molecule has 0 aliphatic rings. The monoisotopic (exact) mass is 460 g/mol. The van der Waals surface area contributed by atoms with E-state index in [-0.39, 0.29) is 0 Å². The van der Waals surface area contributed by atoms with E-state index in [0.29, 0.717) is 0 Å². The second-order valence-electron chi connectivity index (χ2n) is 7.58. The number of hydrogen-bond donors (Lipinski definition) is 0. The summed E-state index contributed by atoms with van der Waals surface area (Å²) >= 11 is 7.22. The zero-order valence-electron chi connectivity index (χ0n) is 19.4. The molecular formula is C28H29ClN2O2. The lowest BCUT2D eigenvalue weighted by molar-refractivity contribution is 0.414. The summed E-state index contributed by atoms with van der Waals surface area (Å²) < 4.78 is 10.5.